The molecule has 0 aliphatic heterocycles. The Hall–Kier alpha value is -1.95. The van der Waals surface area contributed by atoms with Crippen LogP contribution in [0, 0.1) is 5.82 Å². The molecule has 5 nitrogen and oxygen atoms in total. The molecule has 100 valence electrons. The average molecular weight is 284 g/mol. The van der Waals surface area contributed by atoms with Crippen molar-refractivity contribution in [2.24, 2.45) is 0 Å². The molecule has 19 heavy (non-hydrogen) atoms. The van der Waals surface area contributed by atoms with Gasteiger partial charge in [-0.05, 0) is 18.2 Å². The molecule has 0 bridgehead atoms. The molecule has 0 saturated heterocycles. The highest BCUT2D eigenvalue weighted by molar-refractivity contribution is 6.32. The molecule has 7 heteroatoms. The van der Waals surface area contributed by atoms with Crippen LogP contribution in [0.5, 0.6) is 0 Å². The number of hydrogen-bond donors (Lipinski definition) is 1. The van der Waals surface area contributed by atoms with Crippen molar-refractivity contribution in [3.8, 4) is 5.69 Å². The number of nitrogens with zero attached hydrogens (tertiary/aromatic N) is 3. The predicted molar refractivity (Wildman–Crippen MR) is 67.4 cm³/mol. The average Bonchev–Trinajstić information content (AvgIpc) is 2.73. The van der Waals surface area contributed by atoms with Gasteiger partial charge in [0.15, 0.2) is 0 Å². The molecule has 0 fully saturated rings. The van der Waals surface area contributed by atoms with Crippen LogP contribution in [-0.4, -0.2) is 25.8 Å². The molecule has 0 amide bonds. The number of benzene rings is 1. The monoisotopic (exact) mass is 283 g/mol. The number of carboxylic acids is 1. The normalized spacial score (nSPS) is 11.0. The first-order chi connectivity index (χ1) is 8.90. The number of aromatic carboxylic acids is 1. The minimum absolute atomic E-state index is 0.0540. The van der Waals surface area contributed by atoms with Crippen molar-refractivity contribution in [1.29, 1.82) is 0 Å². The highest BCUT2D eigenvalue weighted by Gasteiger charge is 2.20. The van der Waals surface area contributed by atoms with E-state index in [2.05, 4.69) is 10.1 Å². The van der Waals surface area contributed by atoms with Gasteiger partial charge in [-0.2, -0.15) is 0 Å². The number of carbonyl (C=O) groups is 1. The van der Waals surface area contributed by atoms with E-state index < -0.39 is 11.8 Å². The van der Waals surface area contributed by atoms with Crippen molar-refractivity contribution in [2.75, 3.05) is 0 Å². The van der Waals surface area contributed by atoms with Gasteiger partial charge in [0.05, 0.1) is 10.7 Å². The molecule has 0 unspecified atom stereocenters. The zero-order chi connectivity index (χ0) is 14.2. The summed E-state index contributed by atoms with van der Waals surface area (Å²) in [5, 5.41) is 13.0. The SMILES string of the molecule is CC(C)c1nc(C(=O)O)nn1-c1ccc(F)cc1Cl. The zero-order valence-electron chi connectivity index (χ0n) is 10.3. The fourth-order valence-corrected chi connectivity index (χ4v) is 1.87. The molecule has 2 rings (SSSR count). The van der Waals surface area contributed by atoms with Gasteiger partial charge in [0, 0.05) is 5.92 Å². The summed E-state index contributed by atoms with van der Waals surface area (Å²) < 4.78 is 14.4. The molecule has 1 aromatic carbocycles. The molecule has 1 heterocycles. The van der Waals surface area contributed by atoms with Crippen molar-refractivity contribution in [3.05, 3.63) is 40.7 Å². The van der Waals surface area contributed by atoms with Gasteiger partial charge in [-0.25, -0.2) is 18.9 Å². The Labute approximate surface area is 113 Å². The van der Waals surface area contributed by atoms with E-state index in [1.54, 1.807) is 0 Å². The fourth-order valence-electron chi connectivity index (χ4n) is 1.62. The summed E-state index contributed by atoms with van der Waals surface area (Å²) in [6.45, 7) is 3.70. The van der Waals surface area contributed by atoms with Crippen molar-refractivity contribution in [1.82, 2.24) is 14.8 Å². The maximum absolute atomic E-state index is 13.0. The lowest BCUT2D eigenvalue weighted by Crippen LogP contribution is -2.06. The largest absolute Gasteiger partial charge is 0.475 e. The van der Waals surface area contributed by atoms with Gasteiger partial charge < -0.3 is 5.11 Å². The Morgan fingerprint density at radius 1 is 1.47 bits per heavy atom. The van der Waals surface area contributed by atoms with Crippen molar-refractivity contribution >= 4 is 17.6 Å². The predicted octanol–water partition coefficient (Wildman–Crippen LogP) is 2.88. The van der Waals surface area contributed by atoms with Crippen LogP contribution in [0.2, 0.25) is 5.02 Å². The van der Waals surface area contributed by atoms with Gasteiger partial charge in [-0.1, -0.05) is 25.4 Å². The Morgan fingerprint density at radius 3 is 2.68 bits per heavy atom. The van der Waals surface area contributed by atoms with E-state index in [9.17, 15) is 9.18 Å². The van der Waals surface area contributed by atoms with E-state index in [-0.39, 0.29) is 16.8 Å². The molecule has 1 N–H and O–H groups in total. The fraction of sp³-hybridized carbons (Fsp3) is 0.250. The molecule has 0 radical (unpaired) electrons. The first kappa shape index (κ1) is 13.5. The van der Waals surface area contributed by atoms with Crippen molar-refractivity contribution < 1.29 is 14.3 Å². The van der Waals surface area contributed by atoms with Crippen LogP contribution in [0.25, 0.3) is 5.69 Å². The topological polar surface area (TPSA) is 68.0 Å². The zero-order valence-corrected chi connectivity index (χ0v) is 11.0. The summed E-state index contributed by atoms with van der Waals surface area (Å²) in [7, 11) is 0. The van der Waals surface area contributed by atoms with Gasteiger partial charge in [0.25, 0.3) is 5.82 Å². The van der Waals surface area contributed by atoms with E-state index in [4.69, 9.17) is 16.7 Å². The van der Waals surface area contributed by atoms with Gasteiger partial charge in [0.2, 0.25) is 0 Å². The third kappa shape index (κ3) is 2.58. The molecule has 0 aliphatic rings. The van der Waals surface area contributed by atoms with Crippen LogP contribution in [-0.2, 0) is 0 Å². The highest BCUT2D eigenvalue weighted by atomic mass is 35.5. The minimum Gasteiger partial charge on any atom is -0.475 e. The maximum atomic E-state index is 13.0. The minimum atomic E-state index is -1.22. The molecule has 0 atom stereocenters. The summed E-state index contributed by atoms with van der Waals surface area (Å²) >= 11 is 5.95. The van der Waals surface area contributed by atoms with E-state index in [0.29, 0.717) is 11.5 Å². The van der Waals surface area contributed by atoms with Crippen LogP contribution >= 0.6 is 11.6 Å². The lowest BCUT2D eigenvalue weighted by Gasteiger charge is -2.09. The van der Waals surface area contributed by atoms with Crippen molar-refractivity contribution in [2.45, 2.75) is 19.8 Å². The second-order valence-corrected chi connectivity index (χ2v) is 4.67. The van der Waals surface area contributed by atoms with Gasteiger partial charge in [0.1, 0.15) is 11.6 Å². The summed E-state index contributed by atoms with van der Waals surface area (Å²) in [6, 6.07) is 3.81. The van der Waals surface area contributed by atoms with E-state index in [1.165, 1.54) is 16.8 Å². The Morgan fingerprint density at radius 2 is 2.16 bits per heavy atom. The highest BCUT2D eigenvalue weighted by Crippen LogP contribution is 2.24. The van der Waals surface area contributed by atoms with Gasteiger partial charge >= 0.3 is 5.97 Å². The number of hydrogen-bond acceptors (Lipinski definition) is 3. The first-order valence-corrected chi connectivity index (χ1v) is 5.93. The third-order valence-corrected chi connectivity index (χ3v) is 2.78. The number of carboxylic acid groups (broad SMARTS) is 1. The molecular formula is C12H11ClFN3O2. The van der Waals surface area contributed by atoms with Crippen LogP contribution in [0.1, 0.15) is 36.2 Å². The van der Waals surface area contributed by atoms with Crippen LogP contribution in [0.4, 0.5) is 4.39 Å². The molecule has 2 aromatic rings. The molecule has 1 aromatic heterocycles. The number of rotatable bonds is 3. The first-order valence-electron chi connectivity index (χ1n) is 5.56. The standard InChI is InChI=1S/C12H11ClFN3O2/c1-6(2)11-15-10(12(18)19)16-17(11)9-4-3-7(14)5-8(9)13/h3-6H,1-2H3,(H,18,19). The van der Waals surface area contributed by atoms with Gasteiger partial charge in [-0.3, -0.25) is 0 Å². The molecule has 0 aliphatic carbocycles. The quantitative estimate of drug-likeness (QED) is 0.940. The Balaban J connectivity index is 2.63. The summed E-state index contributed by atoms with van der Waals surface area (Å²) in [5.74, 6) is -1.62. The lowest BCUT2D eigenvalue weighted by atomic mass is 10.2. The summed E-state index contributed by atoms with van der Waals surface area (Å²) in [6.07, 6.45) is 0. The van der Waals surface area contributed by atoms with E-state index >= 15 is 0 Å². The van der Waals surface area contributed by atoms with Crippen LogP contribution in [0.3, 0.4) is 0 Å². The lowest BCUT2D eigenvalue weighted by molar-refractivity contribution is 0.0683. The molecule has 0 saturated carbocycles. The second-order valence-electron chi connectivity index (χ2n) is 4.26. The summed E-state index contributed by atoms with van der Waals surface area (Å²) in [4.78, 5) is 14.9. The molecule has 0 spiro atoms. The Bertz CT molecular complexity index is 640. The smallest absolute Gasteiger partial charge is 0.375 e. The van der Waals surface area contributed by atoms with Gasteiger partial charge in [-0.15, -0.1) is 5.10 Å². The van der Waals surface area contributed by atoms with E-state index in [0.717, 1.165) is 6.07 Å². The number of aromatic nitrogens is 3. The molecular weight excluding hydrogens is 273 g/mol. The maximum Gasteiger partial charge on any atom is 0.375 e. The van der Waals surface area contributed by atoms with Crippen molar-refractivity contribution in [3.63, 3.8) is 0 Å². The number of halogens is 2. The van der Waals surface area contributed by atoms with Crippen LogP contribution < -0.4 is 0 Å². The second kappa shape index (κ2) is 4.97. The van der Waals surface area contributed by atoms with E-state index in [1.807, 2.05) is 13.8 Å². The third-order valence-electron chi connectivity index (χ3n) is 2.48. The van der Waals surface area contributed by atoms with Crippen LogP contribution in [0.15, 0.2) is 18.2 Å². The Kier molecular flexibility index (Phi) is 3.53. The summed E-state index contributed by atoms with van der Waals surface area (Å²) in [5.41, 5.74) is 0.395.